The zero-order chi connectivity index (χ0) is 17.4. The minimum atomic E-state index is -0.473. The van der Waals surface area contributed by atoms with E-state index >= 15 is 0 Å². The van der Waals surface area contributed by atoms with Crippen molar-refractivity contribution in [3.63, 3.8) is 0 Å². The monoisotopic (exact) mass is 395 g/mol. The molecule has 2 aromatic rings. The molecule has 0 aromatic heterocycles. The predicted molar refractivity (Wildman–Crippen MR) is 95.1 cm³/mol. The van der Waals surface area contributed by atoms with Crippen molar-refractivity contribution in [2.75, 3.05) is 18.5 Å². The van der Waals surface area contributed by atoms with Crippen LogP contribution in [0.5, 0.6) is 11.5 Å². The van der Waals surface area contributed by atoms with E-state index in [0.29, 0.717) is 35.6 Å². The SMILES string of the molecule is CCOc1ccccc1OCCCC(=O)Nc1ccc(Br)cc1F. The number of nitrogens with one attached hydrogen (secondary N) is 1. The third-order valence-electron chi connectivity index (χ3n) is 3.16. The molecule has 0 aliphatic rings. The molecule has 0 saturated heterocycles. The molecule has 24 heavy (non-hydrogen) atoms. The number of anilines is 1. The highest BCUT2D eigenvalue weighted by Crippen LogP contribution is 2.26. The van der Waals surface area contributed by atoms with Crippen molar-refractivity contribution in [2.24, 2.45) is 0 Å². The van der Waals surface area contributed by atoms with Crippen LogP contribution in [0.15, 0.2) is 46.9 Å². The smallest absolute Gasteiger partial charge is 0.224 e. The predicted octanol–water partition coefficient (Wildman–Crippen LogP) is 4.78. The molecule has 0 aliphatic heterocycles. The Morgan fingerprint density at radius 3 is 2.54 bits per heavy atom. The third-order valence-corrected chi connectivity index (χ3v) is 3.65. The standard InChI is InChI=1S/C18H19BrFNO3/c1-2-23-16-6-3-4-7-17(16)24-11-5-8-18(22)21-15-10-9-13(19)12-14(15)20/h3-4,6-7,9-10,12H,2,5,8,11H2,1H3,(H,21,22). The zero-order valence-electron chi connectivity index (χ0n) is 13.4. The highest BCUT2D eigenvalue weighted by molar-refractivity contribution is 9.10. The summed E-state index contributed by atoms with van der Waals surface area (Å²) in [5.74, 6) is 0.609. The molecule has 0 radical (unpaired) electrons. The fourth-order valence-electron chi connectivity index (χ4n) is 2.06. The molecule has 0 bridgehead atoms. The number of ether oxygens (including phenoxy) is 2. The topological polar surface area (TPSA) is 47.6 Å². The Balaban J connectivity index is 1.77. The van der Waals surface area contributed by atoms with Crippen LogP contribution in [0.1, 0.15) is 19.8 Å². The molecule has 2 aromatic carbocycles. The van der Waals surface area contributed by atoms with Crippen LogP contribution >= 0.6 is 15.9 Å². The van der Waals surface area contributed by atoms with E-state index in [0.717, 1.165) is 0 Å². The molecule has 0 spiro atoms. The molecule has 6 heteroatoms. The minimum Gasteiger partial charge on any atom is -0.490 e. The maximum Gasteiger partial charge on any atom is 0.224 e. The van der Waals surface area contributed by atoms with Crippen molar-refractivity contribution in [1.82, 2.24) is 0 Å². The van der Waals surface area contributed by atoms with Gasteiger partial charge in [0.05, 0.1) is 18.9 Å². The maximum atomic E-state index is 13.7. The van der Waals surface area contributed by atoms with Crippen LogP contribution in [0.3, 0.4) is 0 Å². The summed E-state index contributed by atoms with van der Waals surface area (Å²) < 4.78 is 25.4. The molecule has 1 N–H and O–H groups in total. The van der Waals surface area contributed by atoms with Gasteiger partial charge in [0.1, 0.15) is 5.82 Å². The van der Waals surface area contributed by atoms with Crippen LogP contribution in [0.2, 0.25) is 0 Å². The first-order valence-corrected chi connectivity index (χ1v) is 8.49. The Morgan fingerprint density at radius 1 is 1.17 bits per heavy atom. The van der Waals surface area contributed by atoms with Gasteiger partial charge in [-0.1, -0.05) is 28.1 Å². The van der Waals surface area contributed by atoms with Gasteiger partial charge in [-0.25, -0.2) is 4.39 Å². The van der Waals surface area contributed by atoms with Crippen molar-refractivity contribution >= 4 is 27.5 Å². The van der Waals surface area contributed by atoms with E-state index in [1.165, 1.54) is 12.1 Å². The van der Waals surface area contributed by atoms with Crippen molar-refractivity contribution in [3.8, 4) is 11.5 Å². The van der Waals surface area contributed by atoms with Crippen LogP contribution < -0.4 is 14.8 Å². The van der Waals surface area contributed by atoms with Crippen LogP contribution in [-0.2, 0) is 4.79 Å². The van der Waals surface area contributed by atoms with Crippen LogP contribution in [-0.4, -0.2) is 19.1 Å². The number of amides is 1. The Bertz CT molecular complexity index is 694. The van der Waals surface area contributed by atoms with Gasteiger partial charge in [0.25, 0.3) is 0 Å². The summed E-state index contributed by atoms with van der Waals surface area (Å²) >= 11 is 3.17. The van der Waals surface area contributed by atoms with Gasteiger partial charge >= 0.3 is 0 Å². The summed E-state index contributed by atoms with van der Waals surface area (Å²) in [6.07, 6.45) is 0.761. The first-order chi connectivity index (χ1) is 11.6. The molecule has 0 fully saturated rings. The van der Waals surface area contributed by atoms with E-state index in [2.05, 4.69) is 21.2 Å². The Hall–Kier alpha value is -2.08. The lowest BCUT2D eigenvalue weighted by molar-refractivity contribution is -0.116. The Labute approximate surface area is 149 Å². The fraction of sp³-hybridized carbons (Fsp3) is 0.278. The van der Waals surface area contributed by atoms with Crippen molar-refractivity contribution < 1.29 is 18.7 Å². The number of carbonyl (C=O) groups is 1. The molecule has 128 valence electrons. The number of rotatable bonds is 8. The summed E-state index contributed by atoms with van der Waals surface area (Å²) in [6.45, 7) is 2.84. The highest BCUT2D eigenvalue weighted by atomic mass is 79.9. The Morgan fingerprint density at radius 2 is 1.88 bits per heavy atom. The second-order valence-electron chi connectivity index (χ2n) is 5.00. The number of benzene rings is 2. The quantitative estimate of drug-likeness (QED) is 0.653. The zero-order valence-corrected chi connectivity index (χ0v) is 14.9. The Kier molecular flexibility index (Phi) is 7.06. The van der Waals surface area contributed by atoms with Gasteiger partial charge in [0, 0.05) is 10.9 Å². The van der Waals surface area contributed by atoms with Crippen molar-refractivity contribution in [2.45, 2.75) is 19.8 Å². The first-order valence-electron chi connectivity index (χ1n) is 7.69. The van der Waals surface area contributed by atoms with E-state index < -0.39 is 5.82 Å². The third kappa shape index (κ3) is 5.53. The van der Waals surface area contributed by atoms with E-state index in [-0.39, 0.29) is 18.0 Å². The second-order valence-corrected chi connectivity index (χ2v) is 5.92. The summed E-state index contributed by atoms with van der Waals surface area (Å²) in [5.41, 5.74) is 0.172. The van der Waals surface area contributed by atoms with Crippen molar-refractivity contribution in [3.05, 3.63) is 52.8 Å². The average Bonchev–Trinajstić information content (AvgIpc) is 2.56. The minimum absolute atomic E-state index is 0.172. The largest absolute Gasteiger partial charge is 0.490 e. The number of halogens is 2. The first kappa shape index (κ1) is 18.3. The normalized spacial score (nSPS) is 10.3. The molecule has 0 saturated carbocycles. The molecular weight excluding hydrogens is 377 g/mol. The molecular formula is C18H19BrFNO3. The molecule has 2 rings (SSSR count). The van der Waals surface area contributed by atoms with Gasteiger partial charge in [0.15, 0.2) is 11.5 Å². The van der Waals surface area contributed by atoms with Gasteiger partial charge in [-0.05, 0) is 43.7 Å². The van der Waals surface area contributed by atoms with Gasteiger partial charge in [-0.3, -0.25) is 4.79 Å². The summed E-state index contributed by atoms with van der Waals surface area (Å²) in [5, 5.41) is 2.55. The molecule has 1 amide bonds. The van der Waals surface area contributed by atoms with E-state index in [9.17, 15) is 9.18 Å². The van der Waals surface area contributed by atoms with E-state index in [1.807, 2.05) is 31.2 Å². The summed E-state index contributed by atoms with van der Waals surface area (Å²) in [7, 11) is 0. The van der Waals surface area contributed by atoms with Crippen LogP contribution in [0, 0.1) is 5.82 Å². The average molecular weight is 396 g/mol. The maximum absolute atomic E-state index is 13.7. The molecule has 4 nitrogen and oxygen atoms in total. The van der Waals surface area contributed by atoms with E-state index in [4.69, 9.17) is 9.47 Å². The number of hydrogen-bond donors (Lipinski definition) is 1. The van der Waals surface area contributed by atoms with Gasteiger partial charge in [-0.2, -0.15) is 0 Å². The van der Waals surface area contributed by atoms with Crippen LogP contribution in [0.25, 0.3) is 0 Å². The molecule has 0 unspecified atom stereocenters. The number of carbonyl (C=O) groups excluding carboxylic acids is 1. The lowest BCUT2D eigenvalue weighted by Gasteiger charge is -2.11. The van der Waals surface area contributed by atoms with Gasteiger partial charge < -0.3 is 14.8 Å². The molecule has 0 aliphatic carbocycles. The van der Waals surface area contributed by atoms with Crippen LogP contribution in [0.4, 0.5) is 10.1 Å². The molecule has 0 heterocycles. The van der Waals surface area contributed by atoms with Gasteiger partial charge in [0.2, 0.25) is 5.91 Å². The lowest BCUT2D eigenvalue weighted by Crippen LogP contribution is -2.14. The van der Waals surface area contributed by atoms with Gasteiger partial charge in [-0.15, -0.1) is 0 Å². The highest BCUT2D eigenvalue weighted by Gasteiger charge is 2.08. The second kappa shape index (κ2) is 9.27. The number of hydrogen-bond acceptors (Lipinski definition) is 3. The van der Waals surface area contributed by atoms with E-state index in [1.54, 1.807) is 6.07 Å². The summed E-state index contributed by atoms with van der Waals surface area (Å²) in [4.78, 5) is 11.9. The van der Waals surface area contributed by atoms with Crippen molar-refractivity contribution in [1.29, 1.82) is 0 Å². The lowest BCUT2D eigenvalue weighted by atomic mass is 10.2. The number of para-hydroxylation sites is 2. The summed E-state index contributed by atoms with van der Waals surface area (Å²) in [6, 6.07) is 11.9. The molecule has 0 atom stereocenters. The fourth-order valence-corrected chi connectivity index (χ4v) is 2.40.